The van der Waals surface area contributed by atoms with Gasteiger partial charge in [0, 0.05) is 23.2 Å². The number of ether oxygens (including phenoxy) is 1. The molecule has 6 nitrogen and oxygen atoms in total. The molecule has 3 aromatic rings. The van der Waals surface area contributed by atoms with Crippen molar-refractivity contribution in [3.63, 3.8) is 0 Å². The van der Waals surface area contributed by atoms with Crippen LogP contribution in [0.25, 0.3) is 0 Å². The van der Waals surface area contributed by atoms with Gasteiger partial charge < -0.3 is 15.8 Å². The highest BCUT2D eigenvalue weighted by Crippen LogP contribution is 2.45. The normalized spacial score (nSPS) is 17.8. The molecule has 1 amide bonds. The number of anilines is 1. The Morgan fingerprint density at radius 2 is 2.00 bits per heavy atom. The number of pyridine rings is 1. The average molecular weight is 473 g/mol. The number of aromatic nitrogens is 1. The van der Waals surface area contributed by atoms with Crippen molar-refractivity contribution in [2.24, 2.45) is 10.7 Å². The molecule has 1 unspecified atom stereocenters. The van der Waals surface area contributed by atoms with Crippen molar-refractivity contribution in [1.82, 2.24) is 4.98 Å². The molecule has 0 bridgehead atoms. The Kier molecular flexibility index (Phi) is 6.09. The third-order valence-electron chi connectivity index (χ3n) is 4.90. The minimum Gasteiger partial charge on any atom is -0.496 e. The van der Waals surface area contributed by atoms with Crippen LogP contribution < -0.4 is 15.8 Å². The Labute approximate surface area is 193 Å². The third-order valence-corrected chi connectivity index (χ3v) is 6.35. The van der Waals surface area contributed by atoms with Gasteiger partial charge in [-0.25, -0.2) is 9.98 Å². The van der Waals surface area contributed by atoms with E-state index in [2.05, 4.69) is 10.3 Å². The maximum atomic E-state index is 12.7. The van der Waals surface area contributed by atoms with E-state index in [0.29, 0.717) is 27.4 Å². The van der Waals surface area contributed by atoms with E-state index in [1.54, 1.807) is 13.2 Å². The molecular weight excluding hydrogens is 455 g/mol. The number of nitrogens with two attached hydrogens (primary N) is 1. The minimum atomic E-state index is -0.738. The number of nitrogens with one attached hydrogen (secondary N) is 1. The van der Waals surface area contributed by atoms with E-state index < -0.39 is 11.4 Å². The van der Waals surface area contributed by atoms with E-state index in [9.17, 15) is 4.79 Å². The van der Waals surface area contributed by atoms with E-state index in [1.807, 2.05) is 42.5 Å². The lowest BCUT2D eigenvalue weighted by Gasteiger charge is -2.28. The van der Waals surface area contributed by atoms with Crippen molar-refractivity contribution in [2.75, 3.05) is 18.2 Å². The van der Waals surface area contributed by atoms with Gasteiger partial charge in [-0.2, -0.15) is 0 Å². The number of halogens is 2. The summed E-state index contributed by atoms with van der Waals surface area (Å²) in [4.78, 5) is 21.5. The lowest BCUT2D eigenvalue weighted by Crippen LogP contribution is -2.27. The summed E-state index contributed by atoms with van der Waals surface area (Å²) < 4.78 is 5.59. The van der Waals surface area contributed by atoms with E-state index >= 15 is 0 Å². The van der Waals surface area contributed by atoms with Crippen molar-refractivity contribution in [3.8, 4) is 5.75 Å². The lowest BCUT2D eigenvalue weighted by molar-refractivity contribution is 0.102. The standard InChI is InChI=1S/C22H18Cl2N4O2S/c1-30-18-8-3-2-7-16(18)22(12-31-21(25)28-22)13-5-4-6-15(9-13)27-20(29)19-17(24)10-14(23)11-26-19/h2-11H,12H2,1H3,(H2,25,28)(H,27,29). The number of thioether (sulfide) groups is 1. The molecule has 0 saturated heterocycles. The number of carbonyl (C=O) groups is 1. The van der Waals surface area contributed by atoms with Gasteiger partial charge in [0.15, 0.2) is 5.17 Å². The number of amidine groups is 1. The van der Waals surface area contributed by atoms with Crippen LogP contribution in [0.15, 0.2) is 65.8 Å². The molecule has 1 aromatic heterocycles. The van der Waals surface area contributed by atoms with Gasteiger partial charge in [-0.15, -0.1) is 0 Å². The number of hydrogen-bond donors (Lipinski definition) is 2. The number of hydrogen-bond acceptors (Lipinski definition) is 6. The lowest BCUT2D eigenvalue weighted by atomic mass is 9.84. The van der Waals surface area contributed by atoms with Crippen LogP contribution in [0, 0.1) is 0 Å². The van der Waals surface area contributed by atoms with Crippen LogP contribution in [0.2, 0.25) is 10.0 Å². The van der Waals surface area contributed by atoms with E-state index in [0.717, 1.165) is 11.1 Å². The Bertz CT molecular complexity index is 1190. The molecule has 9 heteroatoms. The fourth-order valence-corrected chi connectivity index (χ4v) is 4.91. The predicted molar refractivity (Wildman–Crippen MR) is 127 cm³/mol. The van der Waals surface area contributed by atoms with Crippen LogP contribution in [0.1, 0.15) is 21.6 Å². The van der Waals surface area contributed by atoms with Crippen LogP contribution in [-0.2, 0) is 5.54 Å². The first-order chi connectivity index (χ1) is 14.9. The molecular formula is C22H18Cl2N4O2S. The van der Waals surface area contributed by atoms with E-state index in [-0.39, 0.29) is 10.7 Å². The van der Waals surface area contributed by atoms with Crippen LogP contribution >= 0.6 is 35.0 Å². The Morgan fingerprint density at radius 1 is 1.19 bits per heavy atom. The van der Waals surface area contributed by atoms with Gasteiger partial charge in [-0.05, 0) is 29.8 Å². The molecule has 3 N–H and O–H groups in total. The number of para-hydroxylation sites is 1. The third kappa shape index (κ3) is 4.21. The highest BCUT2D eigenvalue weighted by molar-refractivity contribution is 8.14. The maximum absolute atomic E-state index is 12.7. The fraction of sp³-hybridized carbons (Fsp3) is 0.136. The zero-order chi connectivity index (χ0) is 22.0. The molecule has 1 atom stereocenters. The summed E-state index contributed by atoms with van der Waals surface area (Å²) in [6.45, 7) is 0. The number of methoxy groups -OCH3 is 1. The first-order valence-corrected chi connectivity index (χ1v) is 11.0. The first-order valence-electron chi connectivity index (χ1n) is 9.27. The van der Waals surface area contributed by atoms with Crippen LogP contribution in [0.5, 0.6) is 5.75 Å². The molecule has 2 heterocycles. The highest BCUT2D eigenvalue weighted by atomic mass is 35.5. The monoisotopic (exact) mass is 472 g/mol. The van der Waals surface area contributed by atoms with Gasteiger partial charge in [-0.3, -0.25) is 4.79 Å². The summed E-state index contributed by atoms with van der Waals surface area (Å²) in [7, 11) is 1.63. The quantitative estimate of drug-likeness (QED) is 0.547. The minimum absolute atomic E-state index is 0.0922. The number of carbonyl (C=O) groups excluding carboxylic acids is 1. The topological polar surface area (TPSA) is 89.6 Å². The zero-order valence-corrected chi connectivity index (χ0v) is 18.8. The van der Waals surface area contributed by atoms with Gasteiger partial charge in [0.1, 0.15) is 17.0 Å². The Hall–Kier alpha value is -2.74. The van der Waals surface area contributed by atoms with Gasteiger partial charge >= 0.3 is 0 Å². The van der Waals surface area contributed by atoms with Crippen LogP contribution in [0.3, 0.4) is 0 Å². The molecule has 0 saturated carbocycles. The molecule has 1 aliphatic heterocycles. The molecule has 158 valence electrons. The summed E-state index contributed by atoms with van der Waals surface area (Å²) in [5.74, 6) is 0.892. The number of amides is 1. The molecule has 0 fully saturated rings. The molecule has 2 aromatic carbocycles. The molecule has 1 aliphatic rings. The second kappa shape index (κ2) is 8.78. The van der Waals surface area contributed by atoms with Crippen LogP contribution in [0.4, 0.5) is 5.69 Å². The summed E-state index contributed by atoms with van der Waals surface area (Å²) in [6, 6.07) is 16.7. The Morgan fingerprint density at radius 3 is 2.71 bits per heavy atom. The summed E-state index contributed by atoms with van der Waals surface area (Å²) in [5.41, 5.74) is 7.77. The number of nitrogens with zero attached hydrogens (tertiary/aromatic N) is 2. The van der Waals surface area contributed by atoms with Gasteiger partial charge in [-0.1, -0.05) is 65.3 Å². The molecule has 0 spiro atoms. The van der Waals surface area contributed by atoms with Crippen molar-refractivity contribution in [3.05, 3.63) is 87.7 Å². The van der Waals surface area contributed by atoms with Gasteiger partial charge in [0.05, 0.1) is 17.2 Å². The highest BCUT2D eigenvalue weighted by Gasteiger charge is 2.41. The second-order valence-corrected chi connectivity index (χ2v) is 8.66. The summed E-state index contributed by atoms with van der Waals surface area (Å²) >= 11 is 13.5. The van der Waals surface area contributed by atoms with E-state index in [4.69, 9.17) is 38.7 Å². The zero-order valence-electron chi connectivity index (χ0n) is 16.4. The molecule has 0 aliphatic carbocycles. The largest absolute Gasteiger partial charge is 0.496 e. The number of rotatable bonds is 5. The van der Waals surface area contributed by atoms with E-state index in [1.165, 1.54) is 24.0 Å². The van der Waals surface area contributed by atoms with Gasteiger partial charge in [0.25, 0.3) is 5.91 Å². The molecule has 0 radical (unpaired) electrons. The second-order valence-electron chi connectivity index (χ2n) is 6.82. The predicted octanol–water partition coefficient (Wildman–Crippen LogP) is 4.95. The number of aliphatic imine (C=N–C) groups is 1. The smallest absolute Gasteiger partial charge is 0.275 e. The summed E-state index contributed by atoms with van der Waals surface area (Å²) in [5, 5.41) is 3.88. The SMILES string of the molecule is COc1ccccc1C1(c2cccc(NC(=O)c3ncc(Cl)cc3Cl)c2)CSC(N)=N1. The van der Waals surface area contributed by atoms with Crippen molar-refractivity contribution >= 4 is 51.7 Å². The van der Waals surface area contributed by atoms with Crippen LogP contribution in [-0.4, -0.2) is 28.9 Å². The van der Waals surface area contributed by atoms with Crippen molar-refractivity contribution in [1.29, 1.82) is 0 Å². The van der Waals surface area contributed by atoms with Crippen molar-refractivity contribution in [2.45, 2.75) is 5.54 Å². The maximum Gasteiger partial charge on any atom is 0.275 e. The fourth-order valence-electron chi connectivity index (χ4n) is 3.48. The average Bonchev–Trinajstić information content (AvgIpc) is 3.16. The first kappa shape index (κ1) is 21.5. The summed E-state index contributed by atoms with van der Waals surface area (Å²) in [6.07, 6.45) is 1.38. The Balaban J connectivity index is 1.73. The molecule has 4 rings (SSSR count). The van der Waals surface area contributed by atoms with Crippen molar-refractivity contribution < 1.29 is 9.53 Å². The number of benzene rings is 2. The van der Waals surface area contributed by atoms with Gasteiger partial charge in [0.2, 0.25) is 0 Å². The molecule has 31 heavy (non-hydrogen) atoms.